The highest BCUT2D eigenvalue weighted by Crippen LogP contribution is 2.30. The van der Waals surface area contributed by atoms with Crippen LogP contribution in [0.1, 0.15) is 13.8 Å². The molecule has 0 bridgehead atoms. The van der Waals surface area contributed by atoms with E-state index in [0.29, 0.717) is 0 Å². The lowest BCUT2D eigenvalue weighted by Gasteiger charge is -2.46. The number of hydrogen-bond donors (Lipinski definition) is 0. The molecule has 1 fully saturated rings. The first-order valence-electron chi connectivity index (χ1n) is 5.80. The lowest BCUT2D eigenvalue weighted by Crippen LogP contribution is -2.68. The monoisotopic (exact) mass is 263 g/mol. The molecule has 2 aliphatic rings. The molecule has 8 heteroatoms. The van der Waals surface area contributed by atoms with Gasteiger partial charge in [0.2, 0.25) is 0 Å². The lowest BCUT2D eigenvalue weighted by atomic mass is 9.96. The maximum Gasteiger partial charge on any atom is 0.433 e. The van der Waals surface area contributed by atoms with Gasteiger partial charge in [-0.15, -0.1) is 0 Å². The molecular weight excluding hydrogens is 250 g/mol. The van der Waals surface area contributed by atoms with Gasteiger partial charge in [-0.2, -0.15) is 5.01 Å². The molecule has 0 aromatic rings. The average molecular weight is 263 g/mol. The number of fused-ring (bicyclic) bond motifs is 1. The zero-order valence-electron chi connectivity index (χ0n) is 10.6. The second-order valence-corrected chi connectivity index (χ2v) is 4.09. The maximum absolute atomic E-state index is 11.9. The fourth-order valence-corrected chi connectivity index (χ4v) is 1.99. The first kappa shape index (κ1) is 13.0. The predicted octanol–water partition coefficient (Wildman–Crippen LogP) is 1.72. The second kappa shape index (κ2) is 5.03. The molecule has 2 heterocycles. The van der Waals surface area contributed by atoms with E-state index >= 15 is 0 Å². The Bertz CT molecular complexity index is 520. The summed E-state index contributed by atoms with van der Waals surface area (Å²) in [6.07, 6.45) is 4.29. The highest BCUT2D eigenvalue weighted by Gasteiger charge is 2.50. The van der Waals surface area contributed by atoms with E-state index < -0.39 is 24.1 Å². The maximum atomic E-state index is 11.9. The Hall–Kier alpha value is -2.47. The molecule has 0 N–H and O–H groups in total. The molecule has 0 radical (unpaired) electrons. The summed E-state index contributed by atoms with van der Waals surface area (Å²) in [5.74, 6) is -0.425. The van der Waals surface area contributed by atoms with Crippen molar-refractivity contribution in [3.8, 4) is 0 Å². The van der Waals surface area contributed by atoms with Gasteiger partial charge in [0.25, 0.3) is 5.91 Å². The third-order valence-corrected chi connectivity index (χ3v) is 2.86. The van der Waals surface area contributed by atoms with Crippen LogP contribution in [0.2, 0.25) is 0 Å². The van der Waals surface area contributed by atoms with Crippen molar-refractivity contribution in [1.29, 1.82) is 0 Å². The molecule has 0 spiro atoms. The molecule has 8 nitrogen and oxygen atoms in total. The third kappa shape index (κ3) is 2.13. The first-order valence-corrected chi connectivity index (χ1v) is 5.80. The van der Waals surface area contributed by atoms with E-state index in [1.165, 1.54) is 11.2 Å². The number of β-lactam (4-membered cyclic amide) rings is 1. The van der Waals surface area contributed by atoms with Crippen molar-refractivity contribution in [2.75, 3.05) is 6.61 Å². The predicted molar refractivity (Wildman–Crippen MR) is 65.3 cm³/mol. The van der Waals surface area contributed by atoms with Crippen LogP contribution in [0, 0.1) is 0 Å². The fourth-order valence-electron chi connectivity index (χ4n) is 1.99. The van der Waals surface area contributed by atoms with Gasteiger partial charge in [0.1, 0.15) is 6.04 Å². The first-order chi connectivity index (χ1) is 9.10. The molecule has 2 aliphatic heterocycles. The standard InChI is InChI=1S/C11H13N5O3/c1-3-19-11(18)15-5-4-7(2)6-8-9(13-14-12)10(17)16(8)15/h4-6,8-9H,3H2,1-2H3. The molecular formula is C11H13N5O3. The van der Waals surface area contributed by atoms with Gasteiger partial charge in [-0.25, -0.2) is 9.80 Å². The molecule has 2 atom stereocenters. The Kier molecular flexibility index (Phi) is 3.43. The van der Waals surface area contributed by atoms with Gasteiger partial charge in [-0.05, 0) is 25.5 Å². The molecule has 19 heavy (non-hydrogen) atoms. The highest BCUT2D eigenvalue weighted by atomic mass is 16.6. The number of carbonyl (C=O) groups excluding carboxylic acids is 2. The minimum atomic E-state index is -0.809. The zero-order valence-corrected chi connectivity index (χ0v) is 10.6. The summed E-state index contributed by atoms with van der Waals surface area (Å²) >= 11 is 0. The van der Waals surface area contributed by atoms with Gasteiger partial charge >= 0.3 is 6.09 Å². The molecule has 0 aromatic carbocycles. The van der Waals surface area contributed by atoms with Gasteiger partial charge in [-0.3, -0.25) is 4.79 Å². The normalized spacial score (nSPS) is 24.7. The molecule has 100 valence electrons. The van der Waals surface area contributed by atoms with Crippen molar-refractivity contribution in [1.82, 2.24) is 10.0 Å². The van der Waals surface area contributed by atoms with Gasteiger partial charge in [-0.1, -0.05) is 16.8 Å². The number of hydrazine groups is 1. The number of allylic oxidation sites excluding steroid dienone is 2. The molecule has 2 amide bonds. The quantitative estimate of drug-likeness (QED) is 0.328. The topological polar surface area (TPSA) is 98.6 Å². The van der Waals surface area contributed by atoms with Gasteiger partial charge in [0.15, 0.2) is 0 Å². The van der Waals surface area contributed by atoms with Crippen molar-refractivity contribution >= 4 is 12.0 Å². The summed E-state index contributed by atoms with van der Waals surface area (Å²) in [4.78, 5) is 26.4. The van der Waals surface area contributed by atoms with Crippen LogP contribution in [0.4, 0.5) is 4.79 Å². The number of azide groups is 1. The number of rotatable bonds is 2. The van der Waals surface area contributed by atoms with E-state index in [1.54, 1.807) is 19.1 Å². The zero-order chi connectivity index (χ0) is 14.0. The Morgan fingerprint density at radius 3 is 3.00 bits per heavy atom. The number of carbonyl (C=O) groups is 2. The van der Waals surface area contributed by atoms with E-state index in [2.05, 4.69) is 10.0 Å². The Labute approximate surface area is 109 Å². The molecule has 0 aromatic heterocycles. The van der Waals surface area contributed by atoms with Crippen molar-refractivity contribution in [2.24, 2.45) is 5.11 Å². The van der Waals surface area contributed by atoms with Gasteiger partial charge in [0, 0.05) is 11.1 Å². The van der Waals surface area contributed by atoms with Crippen LogP contribution in [0.15, 0.2) is 29.0 Å². The molecule has 0 aliphatic carbocycles. The van der Waals surface area contributed by atoms with Crippen LogP contribution in [0.25, 0.3) is 10.4 Å². The van der Waals surface area contributed by atoms with Crippen LogP contribution in [-0.2, 0) is 9.53 Å². The minimum Gasteiger partial charge on any atom is -0.448 e. The molecule has 2 unspecified atom stereocenters. The summed E-state index contributed by atoms with van der Waals surface area (Å²) in [6, 6.07) is -1.26. The van der Waals surface area contributed by atoms with Crippen molar-refractivity contribution in [3.63, 3.8) is 0 Å². The van der Waals surface area contributed by atoms with Crippen LogP contribution in [0.5, 0.6) is 0 Å². The number of ether oxygens (including phenoxy) is 1. The Morgan fingerprint density at radius 2 is 2.37 bits per heavy atom. The van der Waals surface area contributed by atoms with Crippen molar-refractivity contribution < 1.29 is 14.3 Å². The summed E-state index contributed by atoms with van der Waals surface area (Å²) in [6.45, 7) is 3.72. The lowest BCUT2D eigenvalue weighted by molar-refractivity contribution is -0.165. The molecule has 2 rings (SSSR count). The SMILES string of the molecule is CCOC(=O)N1C=CC(C)=CC2C(N=[N+]=[N-])C(=O)N21. The average Bonchev–Trinajstić information content (AvgIpc) is 2.53. The number of hydrogen-bond acceptors (Lipinski definition) is 4. The minimum absolute atomic E-state index is 0.210. The highest BCUT2D eigenvalue weighted by molar-refractivity contribution is 5.92. The van der Waals surface area contributed by atoms with Crippen LogP contribution >= 0.6 is 0 Å². The largest absolute Gasteiger partial charge is 0.448 e. The fraction of sp³-hybridized carbons (Fsp3) is 0.455. The van der Waals surface area contributed by atoms with Crippen molar-refractivity contribution in [2.45, 2.75) is 25.9 Å². The number of nitrogens with zero attached hydrogens (tertiary/aromatic N) is 5. The van der Waals surface area contributed by atoms with Crippen LogP contribution in [-0.4, -0.2) is 40.7 Å². The third-order valence-electron chi connectivity index (χ3n) is 2.86. The van der Waals surface area contributed by atoms with Gasteiger partial charge in [0.05, 0.1) is 12.6 Å². The van der Waals surface area contributed by atoms with Crippen LogP contribution in [0.3, 0.4) is 0 Å². The molecule has 1 saturated heterocycles. The van der Waals surface area contributed by atoms with Gasteiger partial charge < -0.3 is 4.74 Å². The van der Waals surface area contributed by atoms with E-state index in [-0.39, 0.29) is 6.61 Å². The molecule has 0 saturated carbocycles. The van der Waals surface area contributed by atoms with E-state index in [0.717, 1.165) is 10.6 Å². The smallest absolute Gasteiger partial charge is 0.433 e. The summed E-state index contributed by atoms with van der Waals surface area (Å²) in [7, 11) is 0. The Balaban J connectivity index is 2.30. The van der Waals surface area contributed by atoms with E-state index in [4.69, 9.17) is 10.3 Å². The summed E-state index contributed by atoms with van der Waals surface area (Å²) in [5.41, 5.74) is 9.32. The van der Waals surface area contributed by atoms with Crippen LogP contribution < -0.4 is 0 Å². The second-order valence-electron chi connectivity index (χ2n) is 4.09. The summed E-state index contributed by atoms with van der Waals surface area (Å²) in [5, 5.41) is 5.78. The number of amides is 2. The van der Waals surface area contributed by atoms with E-state index in [9.17, 15) is 9.59 Å². The van der Waals surface area contributed by atoms with E-state index in [1.807, 2.05) is 6.92 Å². The summed E-state index contributed by atoms with van der Waals surface area (Å²) < 4.78 is 4.88. The van der Waals surface area contributed by atoms with Crippen molar-refractivity contribution in [3.05, 3.63) is 34.4 Å². The Morgan fingerprint density at radius 1 is 1.63 bits per heavy atom.